The molecule has 0 spiro atoms. The number of nitrogens with zero attached hydrogens (tertiary/aromatic N) is 3. The van der Waals surface area contributed by atoms with Crippen molar-refractivity contribution in [1.82, 2.24) is 9.88 Å². The first-order valence-corrected chi connectivity index (χ1v) is 13.1. The Balaban J connectivity index is 1.60. The first-order chi connectivity index (χ1) is 16.3. The molecule has 0 bridgehead atoms. The van der Waals surface area contributed by atoms with Crippen LogP contribution in [0.15, 0.2) is 30.3 Å². The van der Waals surface area contributed by atoms with Gasteiger partial charge in [-0.1, -0.05) is 39.8 Å². The van der Waals surface area contributed by atoms with Crippen molar-refractivity contribution in [2.24, 2.45) is 5.92 Å². The van der Waals surface area contributed by atoms with Gasteiger partial charge in [-0.15, -0.1) is 0 Å². The average molecular weight is 466 g/mol. The predicted octanol–water partition coefficient (Wildman–Crippen LogP) is 5.46. The molecule has 5 heteroatoms. The normalized spacial score (nSPS) is 22.8. The molecule has 1 fully saturated rings. The second-order valence-electron chi connectivity index (χ2n) is 11.0. The Morgan fingerprint density at radius 2 is 1.82 bits per heavy atom. The Labute approximate surface area is 206 Å². The van der Waals surface area contributed by atoms with Gasteiger partial charge < -0.3 is 14.7 Å². The highest BCUT2D eigenvalue weighted by Crippen LogP contribution is 2.45. The molecule has 0 saturated carbocycles. The summed E-state index contributed by atoms with van der Waals surface area (Å²) in [5, 5.41) is 9.04. The van der Waals surface area contributed by atoms with Crippen molar-refractivity contribution in [2.45, 2.75) is 64.7 Å². The highest BCUT2D eigenvalue weighted by molar-refractivity contribution is 5.70. The number of aliphatic hydroxyl groups excluding tert-OH is 1. The van der Waals surface area contributed by atoms with Crippen molar-refractivity contribution < 1.29 is 9.84 Å². The second kappa shape index (κ2) is 10.7. The highest BCUT2D eigenvalue weighted by Gasteiger charge is 2.32. The van der Waals surface area contributed by atoms with E-state index in [2.05, 4.69) is 67.8 Å². The molecule has 1 saturated heterocycles. The lowest BCUT2D eigenvalue weighted by molar-refractivity contribution is 0.232. The molecule has 1 aromatic heterocycles. The molecule has 2 heterocycles. The number of hydrogen-bond acceptors (Lipinski definition) is 5. The van der Waals surface area contributed by atoms with Crippen LogP contribution in [0.1, 0.15) is 70.4 Å². The number of unbranched alkanes of at least 4 members (excludes halogenated alkanes) is 1. The van der Waals surface area contributed by atoms with E-state index in [0.717, 1.165) is 68.4 Å². The van der Waals surface area contributed by atoms with Crippen LogP contribution in [0, 0.1) is 5.92 Å². The maximum absolute atomic E-state index is 9.04. The van der Waals surface area contributed by atoms with E-state index in [-0.39, 0.29) is 12.0 Å². The zero-order valence-electron chi connectivity index (χ0n) is 21.8. The van der Waals surface area contributed by atoms with Gasteiger partial charge in [-0.2, -0.15) is 0 Å². The maximum Gasteiger partial charge on any atom is 0.145 e. The van der Waals surface area contributed by atoms with E-state index < -0.39 is 0 Å². The molecule has 2 aliphatic rings. The molecule has 2 aromatic rings. The van der Waals surface area contributed by atoms with Crippen molar-refractivity contribution >= 4 is 5.82 Å². The minimum Gasteiger partial charge on any atom is -0.494 e. The van der Waals surface area contributed by atoms with Crippen molar-refractivity contribution in [3.63, 3.8) is 0 Å². The number of benzene rings is 1. The predicted molar refractivity (Wildman–Crippen MR) is 141 cm³/mol. The number of rotatable bonds is 7. The summed E-state index contributed by atoms with van der Waals surface area (Å²) in [5.74, 6) is 3.13. The largest absolute Gasteiger partial charge is 0.494 e. The fourth-order valence-electron chi connectivity index (χ4n) is 5.60. The number of fused-ring (bicyclic) bond motifs is 1. The molecule has 34 heavy (non-hydrogen) atoms. The van der Waals surface area contributed by atoms with Crippen molar-refractivity contribution in [3.8, 4) is 17.0 Å². The van der Waals surface area contributed by atoms with Crippen LogP contribution < -0.4 is 9.64 Å². The van der Waals surface area contributed by atoms with E-state index in [0.29, 0.717) is 11.8 Å². The third-order valence-electron chi connectivity index (χ3n) is 8.27. The summed E-state index contributed by atoms with van der Waals surface area (Å²) in [5.41, 5.74) is 5.20. The second-order valence-corrected chi connectivity index (χ2v) is 11.0. The molecule has 0 amide bonds. The van der Waals surface area contributed by atoms with Crippen molar-refractivity contribution in [2.75, 3.05) is 51.3 Å². The molecule has 1 aliphatic heterocycles. The molecule has 2 atom stereocenters. The lowest BCUT2D eigenvalue weighted by Crippen LogP contribution is -2.47. The van der Waals surface area contributed by atoms with E-state index in [1.165, 1.54) is 24.0 Å². The van der Waals surface area contributed by atoms with Crippen LogP contribution in [0.2, 0.25) is 0 Å². The lowest BCUT2D eigenvalue weighted by Gasteiger charge is -2.35. The summed E-state index contributed by atoms with van der Waals surface area (Å²) in [7, 11) is 1.74. The smallest absolute Gasteiger partial charge is 0.145 e. The zero-order chi connectivity index (χ0) is 24.3. The van der Waals surface area contributed by atoms with Gasteiger partial charge in [0.2, 0.25) is 0 Å². The monoisotopic (exact) mass is 465 g/mol. The molecule has 0 radical (unpaired) electrons. The van der Waals surface area contributed by atoms with Crippen LogP contribution in [0.4, 0.5) is 5.82 Å². The van der Waals surface area contributed by atoms with Crippen LogP contribution in [0.5, 0.6) is 5.75 Å². The molecule has 5 nitrogen and oxygen atoms in total. The summed E-state index contributed by atoms with van der Waals surface area (Å²) in [6.07, 6.45) is 4.43. The third-order valence-corrected chi connectivity index (χ3v) is 8.27. The molecule has 1 aliphatic carbocycles. The van der Waals surface area contributed by atoms with Gasteiger partial charge in [-0.3, -0.25) is 4.90 Å². The average Bonchev–Trinajstić information content (AvgIpc) is 2.94. The molecular formula is C29H43N3O2. The van der Waals surface area contributed by atoms with Crippen LogP contribution in [0.3, 0.4) is 0 Å². The Morgan fingerprint density at radius 1 is 1.06 bits per heavy atom. The number of pyridine rings is 1. The number of anilines is 1. The number of hydrogen-bond donors (Lipinski definition) is 1. The summed E-state index contributed by atoms with van der Waals surface area (Å²) >= 11 is 0. The van der Waals surface area contributed by atoms with Crippen molar-refractivity contribution in [1.29, 1.82) is 0 Å². The molecule has 2 unspecified atom stereocenters. The first kappa shape index (κ1) is 25.0. The third kappa shape index (κ3) is 5.26. The van der Waals surface area contributed by atoms with E-state index in [9.17, 15) is 0 Å². The van der Waals surface area contributed by atoms with Crippen LogP contribution >= 0.6 is 0 Å². The van der Waals surface area contributed by atoms with Gasteiger partial charge in [-0.05, 0) is 78.8 Å². The highest BCUT2D eigenvalue weighted by atomic mass is 16.5. The molecular weight excluding hydrogens is 422 g/mol. The van der Waals surface area contributed by atoms with Crippen LogP contribution in [-0.2, 0) is 5.41 Å². The minimum absolute atomic E-state index is 0.154. The topological polar surface area (TPSA) is 48.8 Å². The van der Waals surface area contributed by atoms with Crippen LogP contribution in [-0.4, -0.2) is 61.4 Å². The summed E-state index contributed by atoms with van der Waals surface area (Å²) in [6.45, 7) is 14.9. The SMILES string of the molecule is COc1ccc(N2CCN(CCCCO)CC2)nc1-c1ccc2c(c1)C(C)(C)CCC(C)C2C. The molecule has 186 valence electrons. The standard InChI is InChI=1S/C29H43N3O2/c1-21-12-13-29(3,4)25-20-23(8-9-24(25)22(21)2)28-26(34-5)10-11-27(30-28)32-17-15-31(16-18-32)14-6-7-19-33/h8-11,20-22,33H,6-7,12-19H2,1-5H3. The number of ether oxygens (including phenoxy) is 1. The molecule has 1 N–H and O–H groups in total. The fourth-order valence-corrected chi connectivity index (χ4v) is 5.60. The summed E-state index contributed by atoms with van der Waals surface area (Å²) in [4.78, 5) is 10.0. The quantitative estimate of drug-likeness (QED) is 0.434. The van der Waals surface area contributed by atoms with Crippen molar-refractivity contribution in [3.05, 3.63) is 41.5 Å². The number of aromatic nitrogens is 1. The Kier molecular flexibility index (Phi) is 7.83. The van der Waals surface area contributed by atoms with Gasteiger partial charge in [0, 0.05) is 38.3 Å². The molecule has 1 aromatic carbocycles. The summed E-state index contributed by atoms with van der Waals surface area (Å²) < 4.78 is 5.76. The number of aliphatic hydroxyl groups is 1. The van der Waals surface area contributed by atoms with Gasteiger partial charge >= 0.3 is 0 Å². The van der Waals surface area contributed by atoms with Gasteiger partial charge in [0.1, 0.15) is 17.3 Å². The van der Waals surface area contributed by atoms with E-state index in [1.54, 1.807) is 7.11 Å². The Bertz CT molecular complexity index is 966. The van der Waals surface area contributed by atoms with E-state index >= 15 is 0 Å². The Hall–Kier alpha value is -2.11. The maximum atomic E-state index is 9.04. The first-order valence-electron chi connectivity index (χ1n) is 13.1. The number of methoxy groups -OCH3 is 1. The zero-order valence-corrected chi connectivity index (χ0v) is 21.8. The van der Waals surface area contributed by atoms with Crippen LogP contribution in [0.25, 0.3) is 11.3 Å². The van der Waals surface area contributed by atoms with Gasteiger partial charge in [-0.25, -0.2) is 4.98 Å². The minimum atomic E-state index is 0.154. The fraction of sp³-hybridized carbons (Fsp3) is 0.621. The van der Waals surface area contributed by atoms with Gasteiger partial charge in [0.25, 0.3) is 0 Å². The Morgan fingerprint density at radius 3 is 2.53 bits per heavy atom. The van der Waals surface area contributed by atoms with Gasteiger partial charge in [0.05, 0.1) is 7.11 Å². The van der Waals surface area contributed by atoms with E-state index in [1.807, 2.05) is 0 Å². The lowest BCUT2D eigenvalue weighted by atomic mass is 9.78. The molecule has 4 rings (SSSR count). The number of piperazine rings is 1. The van der Waals surface area contributed by atoms with Gasteiger partial charge in [0.15, 0.2) is 0 Å². The summed E-state index contributed by atoms with van der Waals surface area (Å²) in [6, 6.07) is 11.2. The van der Waals surface area contributed by atoms with E-state index in [4.69, 9.17) is 14.8 Å².